The van der Waals surface area contributed by atoms with Crippen LogP contribution in [0.4, 0.5) is 0 Å². The molecular weight excluding hydrogens is 270 g/mol. The maximum atomic E-state index is 11.5. The van der Waals surface area contributed by atoms with Crippen LogP contribution in [0.15, 0.2) is 34.9 Å². The first-order valence-electron chi connectivity index (χ1n) is 6.89. The summed E-state index contributed by atoms with van der Waals surface area (Å²) in [5.41, 5.74) is 0. The Kier molecular flexibility index (Phi) is 5.31. The lowest BCUT2D eigenvalue weighted by Crippen LogP contribution is -2.24. The second-order valence-corrected chi connectivity index (χ2v) is 5.08. The van der Waals surface area contributed by atoms with Crippen LogP contribution in [0.3, 0.4) is 0 Å². The molecule has 0 radical (unpaired) electrons. The topological polar surface area (TPSA) is 77.2 Å². The molecule has 6 nitrogen and oxygen atoms in total. The molecule has 0 saturated heterocycles. The second-order valence-electron chi connectivity index (χ2n) is 5.08. The first-order chi connectivity index (χ1) is 10.1. The van der Waals surface area contributed by atoms with Crippen LogP contribution in [-0.2, 0) is 17.9 Å². The van der Waals surface area contributed by atoms with Gasteiger partial charge in [0.05, 0.1) is 6.54 Å². The van der Waals surface area contributed by atoms with E-state index >= 15 is 0 Å². The van der Waals surface area contributed by atoms with Crippen molar-refractivity contribution in [3.05, 3.63) is 42.0 Å². The minimum atomic E-state index is -0.0168. The summed E-state index contributed by atoms with van der Waals surface area (Å²) in [4.78, 5) is 15.7. The maximum Gasteiger partial charge on any atom is 0.264 e. The van der Waals surface area contributed by atoms with Gasteiger partial charge in [0, 0.05) is 6.42 Å². The number of amides is 1. The van der Waals surface area contributed by atoms with E-state index in [9.17, 15) is 4.79 Å². The number of hydrogen-bond acceptors (Lipinski definition) is 5. The van der Waals surface area contributed by atoms with Crippen molar-refractivity contribution in [2.45, 2.75) is 33.4 Å². The van der Waals surface area contributed by atoms with Crippen molar-refractivity contribution in [2.75, 3.05) is 0 Å². The van der Waals surface area contributed by atoms with Gasteiger partial charge in [0.15, 0.2) is 12.4 Å². The Morgan fingerprint density at radius 1 is 1.33 bits per heavy atom. The Bertz CT molecular complexity index is 567. The molecule has 0 atom stereocenters. The Balaban J connectivity index is 1.77. The quantitative estimate of drug-likeness (QED) is 0.846. The molecule has 0 aliphatic heterocycles. The van der Waals surface area contributed by atoms with E-state index in [0.29, 0.717) is 24.1 Å². The van der Waals surface area contributed by atoms with Crippen LogP contribution in [0.25, 0.3) is 0 Å². The molecule has 0 aliphatic carbocycles. The molecule has 0 saturated carbocycles. The van der Waals surface area contributed by atoms with Crippen molar-refractivity contribution < 1.29 is 14.1 Å². The number of rotatable bonds is 7. The van der Waals surface area contributed by atoms with Gasteiger partial charge >= 0.3 is 0 Å². The first-order valence-corrected chi connectivity index (χ1v) is 6.89. The highest BCUT2D eigenvalue weighted by Crippen LogP contribution is 2.10. The molecule has 1 N–H and O–H groups in total. The summed E-state index contributed by atoms with van der Waals surface area (Å²) in [5, 5.41) is 6.55. The zero-order valence-electron chi connectivity index (χ0n) is 12.2. The monoisotopic (exact) mass is 289 g/mol. The molecule has 6 heteroatoms. The summed E-state index contributed by atoms with van der Waals surface area (Å²) in [6.45, 7) is 4.46. The van der Waals surface area contributed by atoms with Crippen LogP contribution in [0.1, 0.15) is 32.0 Å². The van der Waals surface area contributed by atoms with Crippen molar-refractivity contribution in [3.63, 3.8) is 0 Å². The number of carbonyl (C=O) groups is 1. The van der Waals surface area contributed by atoms with Gasteiger partial charge in [-0.25, -0.2) is 0 Å². The zero-order valence-corrected chi connectivity index (χ0v) is 12.2. The Labute approximate surface area is 123 Å². The van der Waals surface area contributed by atoms with E-state index in [-0.39, 0.29) is 19.1 Å². The SMILES string of the molecule is CC(C)CC(=O)NCc1noc(COc2ccccc2)n1. The molecule has 21 heavy (non-hydrogen) atoms. The number of para-hydroxylation sites is 1. The van der Waals surface area contributed by atoms with E-state index in [1.807, 2.05) is 44.2 Å². The third kappa shape index (κ3) is 5.25. The third-order valence-corrected chi connectivity index (χ3v) is 2.65. The lowest BCUT2D eigenvalue weighted by Gasteiger charge is -2.04. The molecular formula is C15H19N3O3. The first kappa shape index (κ1) is 15.0. The van der Waals surface area contributed by atoms with E-state index in [4.69, 9.17) is 9.26 Å². The summed E-state index contributed by atoms with van der Waals surface area (Å²) in [6.07, 6.45) is 0.488. The molecule has 0 spiro atoms. The average Bonchev–Trinajstić information content (AvgIpc) is 2.91. The number of ether oxygens (including phenoxy) is 1. The molecule has 112 valence electrons. The minimum absolute atomic E-state index is 0.0168. The van der Waals surface area contributed by atoms with Gasteiger partial charge in [-0.1, -0.05) is 37.2 Å². The molecule has 1 aromatic heterocycles. The van der Waals surface area contributed by atoms with E-state index in [0.717, 1.165) is 5.75 Å². The summed E-state index contributed by atoms with van der Waals surface area (Å²) in [5.74, 6) is 1.87. The minimum Gasteiger partial charge on any atom is -0.484 e. The van der Waals surface area contributed by atoms with E-state index in [1.165, 1.54) is 0 Å². The Hall–Kier alpha value is -2.37. The van der Waals surface area contributed by atoms with Crippen LogP contribution in [0.2, 0.25) is 0 Å². The number of carbonyl (C=O) groups excluding carboxylic acids is 1. The van der Waals surface area contributed by atoms with Crippen LogP contribution in [-0.4, -0.2) is 16.0 Å². The standard InChI is InChI=1S/C15H19N3O3/c1-11(2)8-14(19)16-9-13-17-15(21-18-13)10-20-12-6-4-3-5-7-12/h3-7,11H,8-10H2,1-2H3,(H,16,19). The molecule has 1 amide bonds. The fourth-order valence-corrected chi connectivity index (χ4v) is 1.70. The van der Waals surface area contributed by atoms with Gasteiger partial charge < -0.3 is 14.6 Å². The second kappa shape index (κ2) is 7.42. The Morgan fingerprint density at radius 3 is 2.81 bits per heavy atom. The number of aromatic nitrogens is 2. The molecule has 2 rings (SSSR count). The molecule has 0 fully saturated rings. The van der Waals surface area contributed by atoms with Crippen LogP contribution in [0, 0.1) is 5.92 Å². The predicted molar refractivity (Wildman–Crippen MR) is 76.4 cm³/mol. The van der Waals surface area contributed by atoms with E-state index in [2.05, 4.69) is 15.5 Å². The molecule has 0 bridgehead atoms. The summed E-state index contributed by atoms with van der Waals surface area (Å²) in [7, 11) is 0. The molecule has 2 aromatic rings. The van der Waals surface area contributed by atoms with Crippen molar-refractivity contribution in [2.24, 2.45) is 5.92 Å². The van der Waals surface area contributed by atoms with Crippen molar-refractivity contribution in [3.8, 4) is 5.75 Å². The van der Waals surface area contributed by atoms with E-state index in [1.54, 1.807) is 0 Å². The van der Waals surface area contributed by atoms with Gasteiger partial charge in [0.1, 0.15) is 5.75 Å². The molecule has 1 aromatic carbocycles. The third-order valence-electron chi connectivity index (χ3n) is 2.65. The number of nitrogens with zero attached hydrogens (tertiary/aromatic N) is 2. The zero-order chi connectivity index (χ0) is 15.1. The normalized spacial score (nSPS) is 10.6. The lowest BCUT2D eigenvalue weighted by molar-refractivity contribution is -0.122. The number of benzene rings is 1. The predicted octanol–water partition coefficient (Wildman–Crippen LogP) is 2.31. The molecule has 0 aliphatic rings. The highest BCUT2D eigenvalue weighted by Gasteiger charge is 2.09. The van der Waals surface area contributed by atoms with Crippen LogP contribution in [0.5, 0.6) is 5.75 Å². The molecule has 1 heterocycles. The van der Waals surface area contributed by atoms with Crippen LogP contribution >= 0.6 is 0 Å². The average molecular weight is 289 g/mol. The summed E-state index contributed by atoms with van der Waals surface area (Å²) in [6, 6.07) is 9.39. The summed E-state index contributed by atoms with van der Waals surface area (Å²) >= 11 is 0. The van der Waals surface area contributed by atoms with Gasteiger partial charge in [0.25, 0.3) is 5.89 Å². The fourth-order valence-electron chi connectivity index (χ4n) is 1.70. The summed E-state index contributed by atoms with van der Waals surface area (Å²) < 4.78 is 10.6. The lowest BCUT2D eigenvalue weighted by atomic mass is 10.1. The smallest absolute Gasteiger partial charge is 0.264 e. The van der Waals surface area contributed by atoms with Gasteiger partial charge in [0.2, 0.25) is 5.91 Å². The number of nitrogens with one attached hydrogen (secondary N) is 1. The van der Waals surface area contributed by atoms with Crippen molar-refractivity contribution >= 4 is 5.91 Å². The van der Waals surface area contributed by atoms with Crippen molar-refractivity contribution in [1.29, 1.82) is 0 Å². The number of hydrogen-bond donors (Lipinski definition) is 1. The van der Waals surface area contributed by atoms with Gasteiger partial charge in [-0.05, 0) is 18.1 Å². The van der Waals surface area contributed by atoms with Crippen LogP contribution < -0.4 is 10.1 Å². The van der Waals surface area contributed by atoms with Crippen molar-refractivity contribution in [1.82, 2.24) is 15.5 Å². The molecule has 0 unspecified atom stereocenters. The van der Waals surface area contributed by atoms with E-state index < -0.39 is 0 Å². The fraction of sp³-hybridized carbons (Fsp3) is 0.400. The highest BCUT2D eigenvalue weighted by molar-refractivity contribution is 5.75. The van der Waals surface area contributed by atoms with Gasteiger partial charge in [-0.2, -0.15) is 4.98 Å². The Morgan fingerprint density at radius 2 is 2.10 bits per heavy atom. The van der Waals surface area contributed by atoms with Gasteiger partial charge in [-0.3, -0.25) is 4.79 Å². The largest absolute Gasteiger partial charge is 0.484 e. The highest BCUT2D eigenvalue weighted by atomic mass is 16.5. The maximum absolute atomic E-state index is 11.5. The van der Waals surface area contributed by atoms with Gasteiger partial charge in [-0.15, -0.1) is 0 Å².